The Hall–Kier alpha value is -0.400. The SMILES string of the molecule is CC(C)(C)CC(CNC(=O)c1cc(Br)sc1Br)C(=O)O. The van der Waals surface area contributed by atoms with Crippen LogP contribution in [0.1, 0.15) is 37.6 Å². The van der Waals surface area contributed by atoms with Gasteiger partial charge in [0.25, 0.3) is 5.91 Å². The standard InChI is InChI=1S/C13H17Br2NO3S/c1-13(2,3)5-7(12(18)19)6-16-11(17)8-4-9(14)20-10(8)15/h4,7H,5-6H2,1-3H3,(H,16,17)(H,18,19). The van der Waals surface area contributed by atoms with Crippen molar-refractivity contribution in [3.8, 4) is 0 Å². The van der Waals surface area contributed by atoms with Crippen LogP contribution >= 0.6 is 43.2 Å². The third-order valence-electron chi connectivity index (χ3n) is 2.62. The Bertz CT molecular complexity index is 508. The van der Waals surface area contributed by atoms with Crippen molar-refractivity contribution in [1.29, 1.82) is 0 Å². The number of nitrogens with one attached hydrogen (secondary N) is 1. The zero-order chi connectivity index (χ0) is 15.5. The first-order chi connectivity index (χ1) is 9.10. The quantitative estimate of drug-likeness (QED) is 0.743. The van der Waals surface area contributed by atoms with E-state index in [1.807, 2.05) is 20.8 Å². The van der Waals surface area contributed by atoms with Crippen LogP contribution < -0.4 is 5.32 Å². The minimum atomic E-state index is -0.884. The second-order valence-electron chi connectivity index (χ2n) is 5.75. The number of carboxylic acids is 1. The zero-order valence-corrected chi connectivity index (χ0v) is 15.5. The molecule has 0 aliphatic heterocycles. The van der Waals surface area contributed by atoms with Crippen LogP contribution in [0, 0.1) is 11.3 Å². The summed E-state index contributed by atoms with van der Waals surface area (Å²) in [5, 5.41) is 11.9. The smallest absolute Gasteiger partial charge is 0.308 e. The lowest BCUT2D eigenvalue weighted by Gasteiger charge is -2.23. The van der Waals surface area contributed by atoms with Gasteiger partial charge in [-0.2, -0.15) is 0 Å². The van der Waals surface area contributed by atoms with Gasteiger partial charge in [0.1, 0.15) is 0 Å². The minimum Gasteiger partial charge on any atom is -0.481 e. The molecule has 112 valence electrons. The number of hydrogen-bond acceptors (Lipinski definition) is 3. The third-order valence-corrected chi connectivity index (χ3v) is 4.96. The Labute approximate surface area is 139 Å². The van der Waals surface area contributed by atoms with Gasteiger partial charge in [-0.15, -0.1) is 11.3 Å². The van der Waals surface area contributed by atoms with Crippen LogP contribution in [0.5, 0.6) is 0 Å². The van der Waals surface area contributed by atoms with Crippen LogP contribution in [-0.2, 0) is 4.79 Å². The first kappa shape index (κ1) is 17.7. The summed E-state index contributed by atoms with van der Waals surface area (Å²) < 4.78 is 1.57. The summed E-state index contributed by atoms with van der Waals surface area (Å²) in [6.07, 6.45) is 0.511. The highest BCUT2D eigenvalue weighted by Gasteiger charge is 2.25. The molecule has 0 aliphatic rings. The number of hydrogen-bond donors (Lipinski definition) is 2. The Kier molecular flexibility index (Phi) is 6.22. The first-order valence-electron chi connectivity index (χ1n) is 6.06. The van der Waals surface area contributed by atoms with Crippen molar-refractivity contribution in [3.05, 3.63) is 19.2 Å². The van der Waals surface area contributed by atoms with Gasteiger partial charge in [-0.1, -0.05) is 20.8 Å². The second kappa shape index (κ2) is 7.04. The molecule has 0 aliphatic carbocycles. The molecule has 0 aromatic carbocycles. The molecule has 4 nitrogen and oxygen atoms in total. The molecule has 0 bridgehead atoms. The van der Waals surface area contributed by atoms with Crippen molar-refractivity contribution in [2.75, 3.05) is 6.54 Å². The molecule has 1 rings (SSSR count). The van der Waals surface area contributed by atoms with Gasteiger partial charge in [0.2, 0.25) is 0 Å². The molecule has 1 heterocycles. The van der Waals surface area contributed by atoms with E-state index in [0.717, 1.165) is 7.57 Å². The maximum atomic E-state index is 12.0. The van der Waals surface area contributed by atoms with Crippen LogP contribution in [0.2, 0.25) is 0 Å². The van der Waals surface area contributed by atoms with Crippen molar-refractivity contribution in [1.82, 2.24) is 5.32 Å². The van der Waals surface area contributed by atoms with E-state index < -0.39 is 11.9 Å². The average molecular weight is 427 g/mol. The molecule has 20 heavy (non-hydrogen) atoms. The molecule has 0 saturated carbocycles. The molecule has 0 spiro atoms. The van der Waals surface area contributed by atoms with E-state index in [1.54, 1.807) is 6.07 Å². The van der Waals surface area contributed by atoms with Crippen LogP contribution in [0.3, 0.4) is 0 Å². The summed E-state index contributed by atoms with van der Waals surface area (Å²) in [5.41, 5.74) is 0.418. The molecule has 7 heteroatoms. The maximum Gasteiger partial charge on any atom is 0.308 e. The van der Waals surface area contributed by atoms with Gasteiger partial charge >= 0.3 is 5.97 Å². The van der Waals surface area contributed by atoms with Crippen molar-refractivity contribution < 1.29 is 14.7 Å². The fourth-order valence-electron chi connectivity index (χ4n) is 1.79. The number of carbonyl (C=O) groups is 2. The highest BCUT2D eigenvalue weighted by atomic mass is 79.9. The molecular formula is C13H17Br2NO3S. The summed E-state index contributed by atoms with van der Waals surface area (Å²) in [4.78, 5) is 23.3. The predicted molar refractivity (Wildman–Crippen MR) is 87.3 cm³/mol. The van der Waals surface area contributed by atoms with E-state index in [0.29, 0.717) is 12.0 Å². The van der Waals surface area contributed by atoms with E-state index in [-0.39, 0.29) is 17.9 Å². The molecule has 0 radical (unpaired) electrons. The van der Waals surface area contributed by atoms with Gasteiger partial charge in [-0.05, 0) is 49.8 Å². The number of rotatable bonds is 5. The van der Waals surface area contributed by atoms with Gasteiger partial charge in [0.05, 0.1) is 19.1 Å². The lowest BCUT2D eigenvalue weighted by atomic mass is 9.84. The molecule has 0 fully saturated rings. The highest BCUT2D eigenvalue weighted by Crippen LogP contribution is 2.31. The molecule has 2 N–H and O–H groups in total. The summed E-state index contributed by atoms with van der Waals surface area (Å²) in [7, 11) is 0. The van der Waals surface area contributed by atoms with Crippen LogP contribution in [0.25, 0.3) is 0 Å². The van der Waals surface area contributed by atoms with Crippen LogP contribution in [0.4, 0.5) is 0 Å². The van der Waals surface area contributed by atoms with Gasteiger partial charge in [0.15, 0.2) is 0 Å². The van der Waals surface area contributed by atoms with Crippen LogP contribution in [0.15, 0.2) is 13.6 Å². The van der Waals surface area contributed by atoms with E-state index in [4.69, 9.17) is 0 Å². The van der Waals surface area contributed by atoms with Crippen molar-refractivity contribution >= 4 is 55.1 Å². The Morgan fingerprint density at radius 3 is 2.40 bits per heavy atom. The lowest BCUT2D eigenvalue weighted by Crippen LogP contribution is -2.35. The fourth-order valence-corrected chi connectivity index (χ4v) is 4.59. The molecule has 1 amide bonds. The number of halogens is 2. The van der Waals surface area contributed by atoms with Gasteiger partial charge in [0, 0.05) is 6.54 Å². The lowest BCUT2D eigenvalue weighted by molar-refractivity contribution is -0.142. The molecule has 1 atom stereocenters. The molecule has 0 saturated heterocycles. The topological polar surface area (TPSA) is 66.4 Å². The van der Waals surface area contributed by atoms with Gasteiger partial charge in [-0.25, -0.2) is 0 Å². The molecular weight excluding hydrogens is 410 g/mol. The Balaban J connectivity index is 2.66. The number of carbonyl (C=O) groups excluding carboxylic acids is 1. The largest absolute Gasteiger partial charge is 0.481 e. The molecule has 1 unspecified atom stereocenters. The fraction of sp³-hybridized carbons (Fsp3) is 0.538. The van der Waals surface area contributed by atoms with Crippen molar-refractivity contribution in [2.24, 2.45) is 11.3 Å². The average Bonchev–Trinajstić information content (AvgIpc) is 2.61. The summed E-state index contributed by atoms with van der Waals surface area (Å²) in [6, 6.07) is 1.71. The molecule has 1 aromatic rings. The van der Waals surface area contributed by atoms with Gasteiger partial charge < -0.3 is 10.4 Å². The first-order valence-corrected chi connectivity index (χ1v) is 8.46. The van der Waals surface area contributed by atoms with Crippen LogP contribution in [-0.4, -0.2) is 23.5 Å². The predicted octanol–water partition coefficient (Wildman–Crippen LogP) is 4.14. The van der Waals surface area contributed by atoms with Crippen molar-refractivity contribution in [3.63, 3.8) is 0 Å². The number of amides is 1. The number of aliphatic carboxylic acids is 1. The molecule has 1 aromatic heterocycles. The summed E-state index contributed by atoms with van der Waals surface area (Å²) >= 11 is 8.03. The minimum absolute atomic E-state index is 0.0974. The monoisotopic (exact) mass is 425 g/mol. The normalized spacial score (nSPS) is 13.1. The summed E-state index contributed by atoms with van der Waals surface area (Å²) in [5.74, 6) is -1.73. The number of thiophene rings is 1. The number of carboxylic acid groups (broad SMARTS) is 1. The van der Waals surface area contributed by atoms with E-state index in [2.05, 4.69) is 37.2 Å². The second-order valence-corrected chi connectivity index (χ2v) is 9.50. The Morgan fingerprint density at radius 1 is 1.40 bits per heavy atom. The zero-order valence-electron chi connectivity index (χ0n) is 11.5. The van der Waals surface area contributed by atoms with E-state index in [9.17, 15) is 14.7 Å². The summed E-state index contributed by atoms with van der Waals surface area (Å²) in [6.45, 7) is 6.08. The third kappa shape index (κ3) is 5.54. The van der Waals surface area contributed by atoms with Crippen molar-refractivity contribution in [2.45, 2.75) is 27.2 Å². The Morgan fingerprint density at radius 2 is 2.00 bits per heavy atom. The van der Waals surface area contributed by atoms with E-state index >= 15 is 0 Å². The van der Waals surface area contributed by atoms with E-state index in [1.165, 1.54) is 11.3 Å². The maximum absolute atomic E-state index is 12.0. The van der Waals surface area contributed by atoms with Gasteiger partial charge in [-0.3, -0.25) is 9.59 Å². The highest BCUT2D eigenvalue weighted by molar-refractivity contribution is 9.12.